The molecule has 0 N–H and O–H groups in total. The molecule has 0 radical (unpaired) electrons. The van der Waals surface area contributed by atoms with Gasteiger partial charge in [-0.3, -0.25) is 0 Å². The van der Waals surface area contributed by atoms with Gasteiger partial charge in [0.15, 0.2) is 0 Å². The summed E-state index contributed by atoms with van der Waals surface area (Å²) in [4.78, 5) is 13.4. The van der Waals surface area contributed by atoms with E-state index in [0.29, 0.717) is 11.3 Å². The summed E-state index contributed by atoms with van der Waals surface area (Å²) in [6.07, 6.45) is 8.28. The zero-order chi connectivity index (χ0) is 14.0. The van der Waals surface area contributed by atoms with Gasteiger partial charge in [0, 0.05) is 19.5 Å². The second kappa shape index (κ2) is 5.22. The van der Waals surface area contributed by atoms with Crippen molar-refractivity contribution in [2.75, 3.05) is 13.6 Å². The van der Waals surface area contributed by atoms with Gasteiger partial charge in [0.05, 0.1) is 0 Å². The summed E-state index contributed by atoms with van der Waals surface area (Å²) in [6, 6.07) is 0. The third-order valence-corrected chi connectivity index (χ3v) is 3.47. The van der Waals surface area contributed by atoms with Crippen LogP contribution in [-0.4, -0.2) is 30.2 Å². The van der Waals surface area contributed by atoms with Crippen LogP contribution in [0.3, 0.4) is 0 Å². The minimum Gasteiger partial charge on any atom is -0.444 e. The maximum Gasteiger partial charge on any atom is 0.410 e. The van der Waals surface area contributed by atoms with Crippen molar-refractivity contribution in [3.05, 3.63) is 0 Å². The first-order valence-corrected chi connectivity index (χ1v) is 6.55. The van der Waals surface area contributed by atoms with E-state index >= 15 is 0 Å². The van der Waals surface area contributed by atoms with Crippen LogP contribution in [0.25, 0.3) is 0 Å². The number of nitrogens with zero attached hydrogens (tertiary/aromatic N) is 1. The van der Waals surface area contributed by atoms with Crippen molar-refractivity contribution in [1.82, 2.24) is 4.90 Å². The van der Waals surface area contributed by atoms with Crippen LogP contribution in [-0.2, 0) is 4.74 Å². The van der Waals surface area contributed by atoms with Gasteiger partial charge in [0.25, 0.3) is 0 Å². The van der Waals surface area contributed by atoms with Crippen molar-refractivity contribution in [2.24, 2.45) is 11.3 Å². The fourth-order valence-corrected chi connectivity index (χ4v) is 2.32. The second-order valence-corrected chi connectivity index (χ2v) is 6.73. The first-order valence-electron chi connectivity index (χ1n) is 6.55. The minimum absolute atomic E-state index is 0.251. The smallest absolute Gasteiger partial charge is 0.410 e. The predicted molar refractivity (Wildman–Crippen MR) is 73.1 cm³/mol. The molecule has 3 nitrogen and oxygen atoms in total. The van der Waals surface area contributed by atoms with Crippen molar-refractivity contribution in [1.29, 1.82) is 0 Å². The fraction of sp³-hybridized carbons (Fsp3) is 0.800. The number of hydrogen-bond donors (Lipinski definition) is 0. The third-order valence-electron chi connectivity index (χ3n) is 3.47. The Morgan fingerprint density at radius 2 is 2.06 bits per heavy atom. The molecule has 0 unspecified atom stereocenters. The van der Waals surface area contributed by atoms with Crippen molar-refractivity contribution in [3.63, 3.8) is 0 Å². The molecule has 0 aromatic rings. The van der Waals surface area contributed by atoms with Crippen LogP contribution >= 0.6 is 0 Å². The van der Waals surface area contributed by atoms with E-state index in [9.17, 15) is 4.79 Å². The molecule has 0 aromatic heterocycles. The number of carbonyl (C=O) groups excluding carboxylic acids is 1. The molecule has 0 aromatic carbocycles. The summed E-state index contributed by atoms with van der Waals surface area (Å²) in [7, 11) is 1.79. The van der Waals surface area contributed by atoms with Gasteiger partial charge in [-0.25, -0.2) is 4.79 Å². The molecule has 0 aliphatic heterocycles. The quantitative estimate of drug-likeness (QED) is 0.720. The summed E-state index contributed by atoms with van der Waals surface area (Å²) in [5.74, 6) is 3.23. The Morgan fingerprint density at radius 3 is 2.50 bits per heavy atom. The van der Waals surface area contributed by atoms with Gasteiger partial charge < -0.3 is 9.64 Å². The highest BCUT2D eigenvalue weighted by molar-refractivity contribution is 5.67. The van der Waals surface area contributed by atoms with Crippen LogP contribution in [0.4, 0.5) is 4.79 Å². The van der Waals surface area contributed by atoms with E-state index in [1.807, 2.05) is 20.8 Å². The lowest BCUT2D eigenvalue weighted by Crippen LogP contribution is -2.40. The molecule has 1 aliphatic carbocycles. The number of ether oxygens (including phenoxy) is 1. The average molecular weight is 251 g/mol. The zero-order valence-corrected chi connectivity index (χ0v) is 12.2. The molecule has 1 rings (SSSR count). The maximum atomic E-state index is 11.8. The Balaban J connectivity index is 2.32. The Kier molecular flexibility index (Phi) is 4.32. The molecule has 0 spiro atoms. The molecule has 1 amide bonds. The molecule has 0 saturated heterocycles. The van der Waals surface area contributed by atoms with E-state index in [2.05, 4.69) is 12.8 Å². The van der Waals surface area contributed by atoms with Crippen LogP contribution in [0.2, 0.25) is 0 Å². The van der Waals surface area contributed by atoms with Crippen LogP contribution in [0.1, 0.15) is 47.0 Å². The van der Waals surface area contributed by atoms with E-state index in [1.165, 1.54) is 0 Å². The summed E-state index contributed by atoms with van der Waals surface area (Å²) in [5.41, 5.74) is -0.131. The largest absolute Gasteiger partial charge is 0.444 e. The molecule has 3 heteroatoms. The van der Waals surface area contributed by atoms with Crippen LogP contribution in [0, 0.1) is 23.7 Å². The molecule has 0 heterocycles. The molecule has 1 aliphatic rings. The van der Waals surface area contributed by atoms with Gasteiger partial charge in [-0.05, 0) is 45.4 Å². The summed E-state index contributed by atoms with van der Waals surface area (Å²) < 4.78 is 5.31. The zero-order valence-electron chi connectivity index (χ0n) is 12.2. The first kappa shape index (κ1) is 14.9. The Morgan fingerprint density at radius 1 is 1.50 bits per heavy atom. The summed E-state index contributed by atoms with van der Waals surface area (Å²) in [6.45, 7) is 8.60. The number of carbonyl (C=O) groups is 1. The van der Waals surface area contributed by atoms with Crippen molar-refractivity contribution in [3.8, 4) is 12.3 Å². The average Bonchev–Trinajstić information content (AvgIpc) is 2.19. The molecular weight excluding hydrogens is 226 g/mol. The Hall–Kier alpha value is -1.17. The lowest BCUT2D eigenvalue weighted by molar-refractivity contribution is 0.0232. The van der Waals surface area contributed by atoms with Gasteiger partial charge in [-0.15, -0.1) is 12.3 Å². The fourth-order valence-electron chi connectivity index (χ4n) is 2.32. The number of hydrogen-bond acceptors (Lipinski definition) is 2. The van der Waals surface area contributed by atoms with Crippen molar-refractivity contribution >= 4 is 6.09 Å². The highest BCUT2D eigenvalue weighted by Gasteiger charge is 2.39. The van der Waals surface area contributed by atoms with Crippen LogP contribution < -0.4 is 0 Å². The summed E-state index contributed by atoms with van der Waals surface area (Å²) >= 11 is 0. The van der Waals surface area contributed by atoms with Gasteiger partial charge >= 0.3 is 6.09 Å². The van der Waals surface area contributed by atoms with Gasteiger partial charge in [-0.1, -0.05) is 6.92 Å². The van der Waals surface area contributed by atoms with E-state index in [1.54, 1.807) is 11.9 Å². The molecule has 1 saturated carbocycles. The molecule has 0 bridgehead atoms. The number of amides is 1. The second-order valence-electron chi connectivity index (χ2n) is 6.73. The van der Waals surface area contributed by atoms with Gasteiger partial charge in [0.2, 0.25) is 0 Å². The Labute approximate surface area is 111 Å². The highest BCUT2D eigenvalue weighted by Crippen LogP contribution is 2.47. The SMILES string of the molecule is C#CC1CC(C)(CCN(C)C(=O)OC(C)(C)C)C1. The lowest BCUT2D eigenvalue weighted by atomic mass is 9.62. The first-order chi connectivity index (χ1) is 8.15. The van der Waals surface area contributed by atoms with E-state index in [-0.39, 0.29) is 6.09 Å². The molecule has 18 heavy (non-hydrogen) atoms. The lowest BCUT2D eigenvalue weighted by Gasteiger charge is -2.43. The van der Waals surface area contributed by atoms with Gasteiger partial charge in [0.1, 0.15) is 5.60 Å². The van der Waals surface area contributed by atoms with E-state index in [0.717, 1.165) is 25.8 Å². The van der Waals surface area contributed by atoms with Crippen LogP contribution in [0.5, 0.6) is 0 Å². The normalized spacial score (nSPS) is 27.0. The third kappa shape index (κ3) is 4.25. The maximum absolute atomic E-state index is 11.8. The highest BCUT2D eigenvalue weighted by atomic mass is 16.6. The molecular formula is C15H25NO2. The summed E-state index contributed by atoms with van der Waals surface area (Å²) in [5, 5.41) is 0. The minimum atomic E-state index is -0.430. The van der Waals surface area contributed by atoms with Crippen molar-refractivity contribution in [2.45, 2.75) is 52.6 Å². The standard InChI is InChI=1S/C15H25NO2/c1-7-12-10-15(5,11-12)8-9-16(6)13(17)18-14(2,3)4/h1,12H,8-11H2,2-6H3. The number of rotatable bonds is 3. The predicted octanol–water partition coefficient (Wildman–Crippen LogP) is 3.29. The molecule has 102 valence electrons. The van der Waals surface area contributed by atoms with Crippen LogP contribution in [0.15, 0.2) is 0 Å². The number of terminal acetylenes is 1. The topological polar surface area (TPSA) is 29.5 Å². The van der Waals surface area contributed by atoms with Gasteiger partial charge in [-0.2, -0.15) is 0 Å². The van der Waals surface area contributed by atoms with E-state index in [4.69, 9.17) is 11.2 Å². The molecule has 0 atom stereocenters. The Bertz CT molecular complexity index is 342. The molecule has 1 fully saturated rings. The monoisotopic (exact) mass is 251 g/mol. The van der Waals surface area contributed by atoms with Crippen molar-refractivity contribution < 1.29 is 9.53 Å². The van der Waals surface area contributed by atoms with E-state index < -0.39 is 5.60 Å².